The van der Waals surface area contributed by atoms with Crippen molar-refractivity contribution in [3.63, 3.8) is 0 Å². The zero-order valence-electron chi connectivity index (χ0n) is 9.99. The molecular weight excluding hydrogens is 219 g/mol. The van der Waals surface area contributed by atoms with Crippen molar-refractivity contribution in [2.24, 2.45) is 5.92 Å². The van der Waals surface area contributed by atoms with Gasteiger partial charge in [-0.2, -0.15) is 4.98 Å². The minimum Gasteiger partial charge on any atom is -0.354 e. The second-order valence-electron chi connectivity index (χ2n) is 4.88. The van der Waals surface area contributed by atoms with Gasteiger partial charge in [-0.15, -0.1) is 0 Å². The third-order valence-electron chi connectivity index (χ3n) is 3.74. The van der Waals surface area contributed by atoms with Crippen LogP contribution in [0.1, 0.15) is 26.2 Å². The highest BCUT2D eigenvalue weighted by Gasteiger charge is 2.39. The highest BCUT2D eigenvalue weighted by atomic mass is 19.1. The van der Waals surface area contributed by atoms with E-state index in [0.29, 0.717) is 17.8 Å². The fourth-order valence-electron chi connectivity index (χ4n) is 2.99. The minimum atomic E-state index is -0.306. The summed E-state index contributed by atoms with van der Waals surface area (Å²) in [6.07, 6.45) is 4.92. The van der Waals surface area contributed by atoms with Gasteiger partial charge in [-0.3, -0.25) is 0 Å². The lowest BCUT2D eigenvalue weighted by Gasteiger charge is -2.28. The summed E-state index contributed by atoms with van der Waals surface area (Å²) in [5.74, 6) is 1.42. The Morgan fingerprint density at radius 3 is 3.06 bits per heavy atom. The number of halogens is 1. The number of rotatable bonds is 3. The average molecular weight is 236 g/mol. The Hall–Kier alpha value is -1.39. The van der Waals surface area contributed by atoms with E-state index in [-0.39, 0.29) is 5.82 Å². The summed E-state index contributed by atoms with van der Waals surface area (Å²) < 4.78 is 13.8. The molecule has 2 atom stereocenters. The van der Waals surface area contributed by atoms with E-state index in [9.17, 15) is 4.39 Å². The largest absolute Gasteiger partial charge is 0.354 e. The quantitative estimate of drug-likeness (QED) is 0.872. The number of fused-ring (bicyclic) bond motifs is 2. The summed E-state index contributed by atoms with van der Waals surface area (Å²) in [5.41, 5.74) is 0. The first-order chi connectivity index (χ1) is 8.28. The zero-order chi connectivity index (χ0) is 11.8. The van der Waals surface area contributed by atoms with E-state index in [1.165, 1.54) is 25.5 Å². The van der Waals surface area contributed by atoms with Crippen LogP contribution in [0.25, 0.3) is 0 Å². The van der Waals surface area contributed by atoms with Gasteiger partial charge >= 0.3 is 0 Å². The lowest BCUT2D eigenvalue weighted by molar-refractivity contribution is 0.533. The molecule has 2 fully saturated rings. The standard InChI is InChI=1S/C12H17FN4/c1-2-14-12-15-6-10(13)11(16-12)17-7-8-3-4-9(17)5-8/h6,8-9H,2-5,7H2,1H3,(H,14,15,16). The summed E-state index contributed by atoms with van der Waals surface area (Å²) in [6.45, 7) is 3.67. The van der Waals surface area contributed by atoms with Gasteiger partial charge in [-0.25, -0.2) is 9.37 Å². The maximum Gasteiger partial charge on any atom is 0.224 e. The van der Waals surface area contributed by atoms with Crippen molar-refractivity contribution < 1.29 is 4.39 Å². The monoisotopic (exact) mass is 236 g/mol. The average Bonchev–Trinajstić information content (AvgIpc) is 2.94. The van der Waals surface area contributed by atoms with Crippen molar-refractivity contribution in [2.45, 2.75) is 32.2 Å². The second-order valence-corrected chi connectivity index (χ2v) is 4.88. The first-order valence-corrected chi connectivity index (χ1v) is 6.31. The fraction of sp³-hybridized carbons (Fsp3) is 0.667. The number of anilines is 2. The maximum atomic E-state index is 13.8. The van der Waals surface area contributed by atoms with Crippen LogP contribution in [0.2, 0.25) is 0 Å². The van der Waals surface area contributed by atoms with Crippen LogP contribution < -0.4 is 10.2 Å². The van der Waals surface area contributed by atoms with Gasteiger partial charge < -0.3 is 10.2 Å². The summed E-state index contributed by atoms with van der Waals surface area (Å²) >= 11 is 0. The molecule has 1 N–H and O–H groups in total. The highest BCUT2D eigenvalue weighted by Crippen LogP contribution is 2.40. The van der Waals surface area contributed by atoms with E-state index in [2.05, 4.69) is 20.2 Å². The maximum absolute atomic E-state index is 13.8. The van der Waals surface area contributed by atoms with E-state index in [4.69, 9.17) is 0 Å². The predicted octanol–water partition coefficient (Wildman–Crippen LogP) is 2.04. The van der Waals surface area contributed by atoms with Crippen LogP contribution in [0.5, 0.6) is 0 Å². The predicted molar refractivity (Wildman–Crippen MR) is 64.6 cm³/mol. The van der Waals surface area contributed by atoms with Gasteiger partial charge in [0.25, 0.3) is 0 Å². The Bertz CT molecular complexity index is 423. The molecule has 0 spiro atoms. The molecule has 0 aromatic carbocycles. The Balaban J connectivity index is 1.88. The molecule has 2 aliphatic rings. The molecule has 2 unspecified atom stereocenters. The molecule has 2 bridgehead atoms. The fourth-order valence-corrected chi connectivity index (χ4v) is 2.99. The third-order valence-corrected chi connectivity index (χ3v) is 3.74. The number of hydrogen-bond acceptors (Lipinski definition) is 4. The smallest absolute Gasteiger partial charge is 0.224 e. The van der Waals surface area contributed by atoms with Gasteiger partial charge in [0, 0.05) is 19.1 Å². The summed E-state index contributed by atoms with van der Waals surface area (Å²) in [4.78, 5) is 10.3. The molecule has 1 aliphatic carbocycles. The molecule has 5 heteroatoms. The molecule has 17 heavy (non-hydrogen) atoms. The van der Waals surface area contributed by atoms with Crippen LogP contribution >= 0.6 is 0 Å². The van der Waals surface area contributed by atoms with Gasteiger partial charge in [-0.1, -0.05) is 0 Å². The van der Waals surface area contributed by atoms with E-state index in [0.717, 1.165) is 19.0 Å². The molecule has 1 aliphatic heterocycles. The van der Waals surface area contributed by atoms with Crippen molar-refractivity contribution in [2.75, 3.05) is 23.3 Å². The van der Waals surface area contributed by atoms with Gasteiger partial charge in [-0.05, 0) is 32.1 Å². The van der Waals surface area contributed by atoms with Crippen LogP contribution in [0.4, 0.5) is 16.2 Å². The van der Waals surface area contributed by atoms with Crippen molar-refractivity contribution in [3.05, 3.63) is 12.0 Å². The Morgan fingerprint density at radius 2 is 2.41 bits per heavy atom. The molecule has 4 nitrogen and oxygen atoms in total. The van der Waals surface area contributed by atoms with Crippen LogP contribution in [0.15, 0.2) is 6.20 Å². The molecular formula is C12H17FN4. The number of aromatic nitrogens is 2. The first-order valence-electron chi connectivity index (χ1n) is 6.31. The number of piperidine rings is 1. The number of hydrogen-bond donors (Lipinski definition) is 1. The topological polar surface area (TPSA) is 41.1 Å². The Labute approximate surface area is 100 Å². The lowest BCUT2D eigenvalue weighted by atomic mass is 10.1. The molecule has 1 aromatic rings. The van der Waals surface area contributed by atoms with Crippen molar-refractivity contribution >= 4 is 11.8 Å². The minimum absolute atomic E-state index is 0.306. The molecule has 0 radical (unpaired) electrons. The van der Waals surface area contributed by atoms with Crippen LogP contribution in [-0.2, 0) is 0 Å². The van der Waals surface area contributed by atoms with E-state index < -0.39 is 0 Å². The normalized spacial score (nSPS) is 26.6. The molecule has 1 saturated heterocycles. The third kappa shape index (κ3) is 1.83. The van der Waals surface area contributed by atoms with Crippen molar-refractivity contribution in [3.8, 4) is 0 Å². The molecule has 2 heterocycles. The molecule has 0 amide bonds. The SMILES string of the molecule is CCNc1ncc(F)c(N2CC3CCC2C3)n1. The number of nitrogens with zero attached hydrogens (tertiary/aromatic N) is 3. The molecule has 1 saturated carbocycles. The van der Waals surface area contributed by atoms with Gasteiger partial charge in [0.15, 0.2) is 11.6 Å². The molecule has 3 rings (SSSR count). The van der Waals surface area contributed by atoms with E-state index in [1.54, 1.807) is 0 Å². The molecule has 92 valence electrons. The second kappa shape index (κ2) is 4.13. The lowest BCUT2D eigenvalue weighted by Crippen LogP contribution is -2.33. The first kappa shape index (κ1) is 10.7. The van der Waals surface area contributed by atoms with Crippen molar-refractivity contribution in [1.82, 2.24) is 9.97 Å². The molecule has 1 aromatic heterocycles. The van der Waals surface area contributed by atoms with Crippen LogP contribution in [-0.4, -0.2) is 29.1 Å². The van der Waals surface area contributed by atoms with Gasteiger partial charge in [0.1, 0.15) is 0 Å². The summed E-state index contributed by atoms with van der Waals surface area (Å²) in [6, 6.07) is 0.485. The van der Waals surface area contributed by atoms with Crippen molar-refractivity contribution in [1.29, 1.82) is 0 Å². The van der Waals surface area contributed by atoms with Gasteiger partial charge in [0.05, 0.1) is 6.20 Å². The van der Waals surface area contributed by atoms with Gasteiger partial charge in [0.2, 0.25) is 5.95 Å². The van der Waals surface area contributed by atoms with E-state index >= 15 is 0 Å². The van der Waals surface area contributed by atoms with Crippen LogP contribution in [0.3, 0.4) is 0 Å². The highest BCUT2D eigenvalue weighted by molar-refractivity contribution is 5.46. The summed E-state index contributed by atoms with van der Waals surface area (Å²) in [5, 5.41) is 3.03. The van der Waals surface area contributed by atoms with E-state index in [1.807, 2.05) is 6.92 Å². The zero-order valence-corrected chi connectivity index (χ0v) is 9.99. The Morgan fingerprint density at radius 1 is 1.53 bits per heavy atom. The summed E-state index contributed by atoms with van der Waals surface area (Å²) in [7, 11) is 0. The van der Waals surface area contributed by atoms with Crippen LogP contribution in [0, 0.1) is 11.7 Å². The number of nitrogens with one attached hydrogen (secondary N) is 1. The Kier molecular flexibility index (Phi) is 2.61.